The fourth-order valence-corrected chi connectivity index (χ4v) is 1.90. The summed E-state index contributed by atoms with van der Waals surface area (Å²) in [5, 5.41) is 0. The first-order chi connectivity index (χ1) is 7.20. The van der Waals surface area contributed by atoms with Crippen molar-refractivity contribution in [1.82, 2.24) is 9.97 Å². The molecule has 3 nitrogen and oxygen atoms in total. The predicted octanol–water partition coefficient (Wildman–Crippen LogP) is 2.50. The van der Waals surface area contributed by atoms with Crippen molar-refractivity contribution in [1.29, 1.82) is 0 Å². The van der Waals surface area contributed by atoms with Gasteiger partial charge in [-0.1, -0.05) is 6.07 Å². The van der Waals surface area contributed by atoms with E-state index in [9.17, 15) is 0 Å². The zero-order valence-electron chi connectivity index (χ0n) is 8.63. The first kappa shape index (κ1) is 10.5. The highest BCUT2D eigenvalue weighted by Crippen LogP contribution is 2.19. The summed E-state index contributed by atoms with van der Waals surface area (Å²) in [5.41, 5.74) is 9.11. The Morgan fingerprint density at radius 3 is 3.07 bits per heavy atom. The van der Waals surface area contributed by atoms with Crippen molar-refractivity contribution in [3.63, 3.8) is 0 Å². The minimum atomic E-state index is 0.00973. The molecule has 0 spiro atoms. The second-order valence-corrected chi connectivity index (χ2v) is 4.06. The Kier molecular flexibility index (Phi) is 2.93. The average Bonchev–Trinajstić information content (AvgIpc) is 2.57. The number of nitrogens with zero attached hydrogens (tertiary/aromatic N) is 1. The first-order valence-electron chi connectivity index (χ1n) is 4.98. The molecule has 0 aliphatic rings. The zero-order valence-corrected chi connectivity index (χ0v) is 9.38. The number of aromatic nitrogens is 2. The van der Waals surface area contributed by atoms with Gasteiger partial charge in [0.1, 0.15) is 5.82 Å². The molecule has 0 saturated carbocycles. The van der Waals surface area contributed by atoms with Gasteiger partial charge in [0.05, 0.1) is 11.0 Å². The fourth-order valence-electron chi connectivity index (χ4n) is 1.67. The Bertz CT molecular complexity index is 464. The zero-order chi connectivity index (χ0) is 10.8. The lowest BCUT2D eigenvalue weighted by Gasteiger charge is -2.09. The average molecular weight is 224 g/mol. The lowest BCUT2D eigenvalue weighted by atomic mass is 10.1. The van der Waals surface area contributed by atoms with E-state index in [0.717, 1.165) is 28.8 Å². The van der Waals surface area contributed by atoms with Gasteiger partial charge in [-0.05, 0) is 31.0 Å². The van der Waals surface area contributed by atoms with E-state index >= 15 is 0 Å². The molecule has 2 aromatic rings. The molecule has 1 unspecified atom stereocenters. The molecule has 1 atom stereocenters. The smallest absolute Gasteiger partial charge is 0.104 e. The van der Waals surface area contributed by atoms with E-state index in [1.807, 2.05) is 25.1 Å². The minimum absolute atomic E-state index is 0.00973. The number of nitrogens with two attached hydrogens (primary N) is 1. The van der Waals surface area contributed by atoms with Crippen LogP contribution < -0.4 is 5.73 Å². The van der Waals surface area contributed by atoms with Crippen LogP contribution in [0.2, 0.25) is 0 Å². The number of hydrogen-bond donors (Lipinski definition) is 2. The number of halogens is 1. The lowest BCUT2D eigenvalue weighted by molar-refractivity contribution is 0.704. The Labute approximate surface area is 93.6 Å². The van der Waals surface area contributed by atoms with Gasteiger partial charge in [-0.2, -0.15) is 0 Å². The molecule has 1 heterocycles. The van der Waals surface area contributed by atoms with Crippen molar-refractivity contribution < 1.29 is 0 Å². The van der Waals surface area contributed by atoms with Crippen LogP contribution in [0.15, 0.2) is 18.2 Å². The number of benzene rings is 1. The maximum atomic E-state index is 5.98. The summed E-state index contributed by atoms with van der Waals surface area (Å²) in [6.07, 6.45) is 0.792. The largest absolute Gasteiger partial charge is 0.342 e. The Balaban J connectivity index is 2.37. The Morgan fingerprint density at radius 1 is 1.53 bits per heavy atom. The number of aryl methyl sites for hydroxylation is 1. The summed E-state index contributed by atoms with van der Waals surface area (Å²) < 4.78 is 0. The molecular weight excluding hydrogens is 210 g/mol. The summed E-state index contributed by atoms with van der Waals surface area (Å²) in [5.74, 6) is 1.51. The molecule has 0 saturated heterocycles. The van der Waals surface area contributed by atoms with Crippen LogP contribution in [0.5, 0.6) is 0 Å². The third kappa shape index (κ3) is 2.13. The highest BCUT2D eigenvalue weighted by atomic mass is 35.5. The number of fused-ring (bicyclic) bond motifs is 1. The highest BCUT2D eigenvalue weighted by molar-refractivity contribution is 6.17. The third-order valence-electron chi connectivity index (χ3n) is 2.47. The number of rotatable bonds is 3. The molecule has 0 radical (unpaired) electrons. The summed E-state index contributed by atoms with van der Waals surface area (Å²) >= 11 is 5.67. The number of H-pyrrole nitrogens is 1. The van der Waals surface area contributed by atoms with E-state index < -0.39 is 0 Å². The van der Waals surface area contributed by atoms with Crippen LogP contribution in [0.4, 0.5) is 0 Å². The maximum Gasteiger partial charge on any atom is 0.104 e. The van der Waals surface area contributed by atoms with Crippen LogP contribution in [0, 0.1) is 6.92 Å². The van der Waals surface area contributed by atoms with Crippen LogP contribution in [0.3, 0.4) is 0 Å². The van der Waals surface area contributed by atoms with Crippen molar-refractivity contribution in [2.24, 2.45) is 5.73 Å². The normalized spacial score (nSPS) is 13.3. The van der Waals surface area contributed by atoms with Gasteiger partial charge < -0.3 is 10.7 Å². The monoisotopic (exact) mass is 223 g/mol. The summed E-state index contributed by atoms with van der Waals surface area (Å²) in [4.78, 5) is 7.53. The Hall–Kier alpha value is -1.06. The molecular formula is C11H14ClN3. The quantitative estimate of drug-likeness (QED) is 0.786. The van der Waals surface area contributed by atoms with Gasteiger partial charge >= 0.3 is 0 Å². The number of aromatic amines is 1. The van der Waals surface area contributed by atoms with E-state index in [1.165, 1.54) is 0 Å². The van der Waals surface area contributed by atoms with Crippen LogP contribution in [0.1, 0.15) is 23.9 Å². The first-order valence-corrected chi connectivity index (χ1v) is 5.52. The molecule has 0 bridgehead atoms. The molecule has 0 aliphatic heterocycles. The number of alkyl halides is 1. The maximum absolute atomic E-state index is 5.98. The van der Waals surface area contributed by atoms with Gasteiger partial charge in [0.15, 0.2) is 0 Å². The summed E-state index contributed by atoms with van der Waals surface area (Å²) in [7, 11) is 0. The molecule has 0 amide bonds. The molecule has 4 heteroatoms. The van der Waals surface area contributed by atoms with E-state index in [-0.39, 0.29) is 6.04 Å². The van der Waals surface area contributed by atoms with Gasteiger partial charge in [-0.25, -0.2) is 4.98 Å². The van der Waals surface area contributed by atoms with Crippen molar-refractivity contribution >= 4 is 22.6 Å². The summed E-state index contributed by atoms with van der Waals surface area (Å²) in [6, 6.07) is 6.06. The number of hydrogen-bond acceptors (Lipinski definition) is 2. The predicted molar refractivity (Wildman–Crippen MR) is 63.1 cm³/mol. The molecule has 80 valence electrons. The number of imidazole rings is 1. The summed E-state index contributed by atoms with van der Waals surface area (Å²) in [6.45, 7) is 1.94. The van der Waals surface area contributed by atoms with Crippen molar-refractivity contribution in [3.8, 4) is 0 Å². The fraction of sp³-hybridized carbons (Fsp3) is 0.364. The number of nitrogens with one attached hydrogen (secondary N) is 1. The molecule has 1 aromatic heterocycles. The second kappa shape index (κ2) is 4.21. The molecule has 2 rings (SSSR count). The molecule has 3 N–H and O–H groups in total. The molecule has 15 heavy (non-hydrogen) atoms. The van der Waals surface area contributed by atoms with Gasteiger partial charge in [0, 0.05) is 11.9 Å². The SMILES string of the molecule is Cc1nc2ccc(C(N)CCCl)cc2[nH]1. The Morgan fingerprint density at radius 2 is 2.33 bits per heavy atom. The van der Waals surface area contributed by atoms with Crippen LogP contribution in [-0.2, 0) is 0 Å². The van der Waals surface area contributed by atoms with E-state index in [4.69, 9.17) is 17.3 Å². The lowest BCUT2D eigenvalue weighted by Crippen LogP contribution is -2.10. The van der Waals surface area contributed by atoms with Crippen LogP contribution >= 0.6 is 11.6 Å². The van der Waals surface area contributed by atoms with E-state index in [2.05, 4.69) is 9.97 Å². The second-order valence-electron chi connectivity index (χ2n) is 3.68. The van der Waals surface area contributed by atoms with E-state index in [1.54, 1.807) is 0 Å². The van der Waals surface area contributed by atoms with Gasteiger partial charge in [0.25, 0.3) is 0 Å². The van der Waals surface area contributed by atoms with Crippen LogP contribution in [-0.4, -0.2) is 15.8 Å². The molecule has 0 aliphatic carbocycles. The highest BCUT2D eigenvalue weighted by Gasteiger charge is 2.07. The van der Waals surface area contributed by atoms with Gasteiger partial charge in [0.2, 0.25) is 0 Å². The topological polar surface area (TPSA) is 54.7 Å². The molecule has 0 fully saturated rings. The van der Waals surface area contributed by atoms with E-state index in [0.29, 0.717) is 5.88 Å². The van der Waals surface area contributed by atoms with Crippen molar-refractivity contribution in [2.75, 3.05) is 5.88 Å². The standard InChI is InChI=1S/C11H14ClN3/c1-7-14-10-3-2-8(6-11(10)15-7)9(13)4-5-12/h2-3,6,9H,4-5,13H2,1H3,(H,14,15). The van der Waals surface area contributed by atoms with Crippen LogP contribution in [0.25, 0.3) is 11.0 Å². The molecule has 1 aromatic carbocycles. The van der Waals surface area contributed by atoms with Crippen molar-refractivity contribution in [2.45, 2.75) is 19.4 Å². The van der Waals surface area contributed by atoms with Crippen molar-refractivity contribution in [3.05, 3.63) is 29.6 Å². The minimum Gasteiger partial charge on any atom is -0.342 e. The third-order valence-corrected chi connectivity index (χ3v) is 2.69. The van der Waals surface area contributed by atoms with Gasteiger partial charge in [-0.3, -0.25) is 0 Å². The van der Waals surface area contributed by atoms with Gasteiger partial charge in [-0.15, -0.1) is 11.6 Å².